The van der Waals surface area contributed by atoms with E-state index in [9.17, 15) is 0 Å². The average molecular weight is 271 g/mol. The molecule has 0 fully saturated rings. The van der Waals surface area contributed by atoms with Gasteiger partial charge < -0.3 is 10.6 Å². The molecule has 0 heterocycles. The predicted molar refractivity (Wildman–Crippen MR) is 70.3 cm³/mol. The second-order valence-corrected chi connectivity index (χ2v) is 4.93. The molecule has 0 saturated carbocycles. The van der Waals surface area contributed by atoms with E-state index in [0.717, 1.165) is 23.9 Å². The third-order valence-corrected chi connectivity index (χ3v) is 2.95. The summed E-state index contributed by atoms with van der Waals surface area (Å²) >= 11 is 3.43. The largest absolute Gasteiger partial charge is 0.375 e. The zero-order valence-corrected chi connectivity index (χ0v) is 11.0. The number of hydrogen-bond acceptors (Lipinski definition) is 2. The summed E-state index contributed by atoms with van der Waals surface area (Å²) in [6.45, 7) is 3.11. The molecule has 0 amide bonds. The van der Waals surface area contributed by atoms with E-state index in [-0.39, 0.29) is 0 Å². The summed E-state index contributed by atoms with van der Waals surface area (Å²) in [6, 6.07) is 8.68. The van der Waals surface area contributed by atoms with Gasteiger partial charge in [0.1, 0.15) is 0 Å². The van der Waals surface area contributed by atoms with Crippen LogP contribution in [0, 0.1) is 0 Å². The summed E-state index contributed by atoms with van der Waals surface area (Å²) in [6.07, 6.45) is 2.23. The van der Waals surface area contributed by atoms with Crippen LogP contribution < -0.4 is 10.6 Å². The maximum atomic E-state index is 5.71. The third-order valence-electron chi connectivity index (χ3n) is 2.42. The molecule has 0 aliphatic heterocycles. The fourth-order valence-electron chi connectivity index (χ4n) is 1.48. The fraction of sp³-hybridized carbons (Fsp3) is 0.500. The topological polar surface area (TPSA) is 29.3 Å². The van der Waals surface area contributed by atoms with Gasteiger partial charge in [0.05, 0.1) is 0 Å². The number of nitrogens with zero attached hydrogens (tertiary/aromatic N) is 1. The van der Waals surface area contributed by atoms with Crippen molar-refractivity contribution < 1.29 is 0 Å². The smallest absolute Gasteiger partial charge is 0.0364 e. The summed E-state index contributed by atoms with van der Waals surface area (Å²) in [5.41, 5.74) is 6.97. The molecule has 2 nitrogen and oxygen atoms in total. The molecule has 0 spiro atoms. The molecule has 0 aliphatic carbocycles. The Balaban J connectivity index is 2.40. The second-order valence-electron chi connectivity index (χ2n) is 4.02. The van der Waals surface area contributed by atoms with E-state index in [1.54, 1.807) is 0 Å². The van der Waals surface area contributed by atoms with Crippen LogP contribution in [0.1, 0.15) is 19.8 Å². The van der Waals surface area contributed by atoms with Crippen LogP contribution in [0.2, 0.25) is 0 Å². The first kappa shape index (κ1) is 12.5. The van der Waals surface area contributed by atoms with E-state index in [0.29, 0.717) is 6.04 Å². The lowest BCUT2D eigenvalue weighted by Gasteiger charge is -2.19. The molecule has 15 heavy (non-hydrogen) atoms. The van der Waals surface area contributed by atoms with Gasteiger partial charge in [-0.15, -0.1) is 0 Å². The molecule has 0 aromatic heterocycles. The van der Waals surface area contributed by atoms with Crippen molar-refractivity contribution in [3.8, 4) is 0 Å². The molecule has 1 aromatic carbocycles. The first-order valence-electron chi connectivity index (χ1n) is 5.32. The first-order valence-corrected chi connectivity index (χ1v) is 6.11. The lowest BCUT2D eigenvalue weighted by atomic mass is 10.2. The van der Waals surface area contributed by atoms with Crippen molar-refractivity contribution in [2.75, 3.05) is 18.5 Å². The number of nitrogens with two attached hydrogens (primary N) is 1. The average Bonchev–Trinajstić information content (AvgIpc) is 2.18. The fourth-order valence-corrected chi connectivity index (χ4v) is 1.74. The molecule has 1 unspecified atom stereocenters. The molecule has 0 bridgehead atoms. The van der Waals surface area contributed by atoms with Crippen LogP contribution in [0.3, 0.4) is 0 Å². The van der Waals surface area contributed by atoms with Crippen molar-refractivity contribution in [2.45, 2.75) is 25.8 Å². The Kier molecular flexibility index (Phi) is 5.12. The maximum absolute atomic E-state index is 5.71. The minimum Gasteiger partial charge on any atom is -0.375 e. The summed E-state index contributed by atoms with van der Waals surface area (Å²) in [4.78, 5) is 2.26. The van der Waals surface area contributed by atoms with Crippen molar-refractivity contribution >= 4 is 21.6 Å². The Hall–Kier alpha value is -0.540. The SMILES string of the molecule is CC(N)CCCN(C)c1ccc(Br)cc1. The van der Waals surface area contributed by atoms with Gasteiger partial charge in [0.25, 0.3) is 0 Å². The van der Waals surface area contributed by atoms with E-state index in [2.05, 4.69) is 59.1 Å². The number of rotatable bonds is 5. The number of benzene rings is 1. The second kappa shape index (κ2) is 6.13. The van der Waals surface area contributed by atoms with Crippen LogP contribution in [0.4, 0.5) is 5.69 Å². The first-order chi connectivity index (χ1) is 7.09. The molecule has 0 saturated heterocycles. The Morgan fingerprint density at radius 3 is 2.47 bits per heavy atom. The third kappa shape index (κ3) is 4.67. The van der Waals surface area contributed by atoms with Gasteiger partial charge in [0.2, 0.25) is 0 Å². The summed E-state index contributed by atoms with van der Waals surface area (Å²) < 4.78 is 1.12. The van der Waals surface area contributed by atoms with Gasteiger partial charge >= 0.3 is 0 Å². The number of halogens is 1. The molecule has 0 radical (unpaired) electrons. The monoisotopic (exact) mass is 270 g/mol. The van der Waals surface area contributed by atoms with Crippen molar-refractivity contribution in [2.24, 2.45) is 5.73 Å². The van der Waals surface area contributed by atoms with E-state index in [4.69, 9.17) is 5.73 Å². The molecule has 84 valence electrons. The minimum atomic E-state index is 0.309. The molecular weight excluding hydrogens is 252 g/mol. The van der Waals surface area contributed by atoms with Crippen LogP contribution in [-0.2, 0) is 0 Å². The quantitative estimate of drug-likeness (QED) is 0.892. The normalized spacial score (nSPS) is 12.5. The van der Waals surface area contributed by atoms with Gasteiger partial charge in [-0.3, -0.25) is 0 Å². The van der Waals surface area contributed by atoms with Crippen LogP contribution in [-0.4, -0.2) is 19.6 Å². The summed E-state index contributed by atoms with van der Waals surface area (Å²) in [5, 5.41) is 0. The molecular formula is C12H19BrN2. The van der Waals surface area contributed by atoms with E-state index in [1.807, 2.05) is 0 Å². The van der Waals surface area contributed by atoms with E-state index >= 15 is 0 Å². The summed E-state index contributed by atoms with van der Waals surface area (Å²) in [7, 11) is 2.12. The van der Waals surface area contributed by atoms with Crippen molar-refractivity contribution in [3.63, 3.8) is 0 Å². The van der Waals surface area contributed by atoms with Crippen LogP contribution in [0.15, 0.2) is 28.7 Å². The highest BCUT2D eigenvalue weighted by Crippen LogP contribution is 2.17. The number of anilines is 1. The van der Waals surface area contributed by atoms with Crippen LogP contribution >= 0.6 is 15.9 Å². The lowest BCUT2D eigenvalue weighted by Crippen LogP contribution is -2.21. The van der Waals surface area contributed by atoms with Gasteiger partial charge in [-0.05, 0) is 44.0 Å². The Labute approximate surface area is 101 Å². The number of hydrogen-bond donors (Lipinski definition) is 1. The van der Waals surface area contributed by atoms with Gasteiger partial charge in [-0.2, -0.15) is 0 Å². The van der Waals surface area contributed by atoms with Crippen LogP contribution in [0.25, 0.3) is 0 Å². The minimum absolute atomic E-state index is 0.309. The van der Waals surface area contributed by atoms with Gasteiger partial charge in [0.15, 0.2) is 0 Å². The van der Waals surface area contributed by atoms with Crippen molar-refractivity contribution in [1.29, 1.82) is 0 Å². The van der Waals surface area contributed by atoms with Gasteiger partial charge in [-0.25, -0.2) is 0 Å². The zero-order valence-electron chi connectivity index (χ0n) is 9.41. The Bertz CT molecular complexity index is 282. The van der Waals surface area contributed by atoms with E-state index < -0.39 is 0 Å². The lowest BCUT2D eigenvalue weighted by molar-refractivity contribution is 0.621. The highest BCUT2D eigenvalue weighted by Gasteiger charge is 2.01. The Morgan fingerprint density at radius 1 is 1.33 bits per heavy atom. The van der Waals surface area contributed by atoms with Crippen molar-refractivity contribution in [1.82, 2.24) is 0 Å². The predicted octanol–water partition coefficient (Wildman–Crippen LogP) is 3.01. The molecule has 0 aliphatic rings. The maximum Gasteiger partial charge on any atom is 0.0364 e. The van der Waals surface area contributed by atoms with E-state index in [1.165, 1.54) is 5.69 Å². The van der Waals surface area contributed by atoms with Crippen molar-refractivity contribution in [3.05, 3.63) is 28.7 Å². The molecule has 3 heteroatoms. The van der Waals surface area contributed by atoms with Crippen LogP contribution in [0.5, 0.6) is 0 Å². The Morgan fingerprint density at radius 2 is 1.93 bits per heavy atom. The molecule has 2 N–H and O–H groups in total. The van der Waals surface area contributed by atoms with Gasteiger partial charge in [-0.1, -0.05) is 15.9 Å². The standard InChI is InChI=1S/C12H19BrN2/c1-10(14)4-3-9-15(2)12-7-5-11(13)6-8-12/h5-8,10H,3-4,9,14H2,1-2H3. The zero-order chi connectivity index (χ0) is 11.3. The van der Waals surface area contributed by atoms with Gasteiger partial charge in [0, 0.05) is 29.8 Å². The summed E-state index contributed by atoms with van der Waals surface area (Å²) in [5.74, 6) is 0. The molecule has 1 rings (SSSR count). The highest BCUT2D eigenvalue weighted by atomic mass is 79.9. The molecule has 1 aromatic rings. The highest BCUT2D eigenvalue weighted by molar-refractivity contribution is 9.10. The molecule has 1 atom stereocenters.